The number of nitrogens with zero attached hydrogens (tertiary/aromatic N) is 5. The van der Waals surface area contributed by atoms with E-state index in [9.17, 15) is 9.59 Å². The lowest BCUT2D eigenvalue weighted by Gasteiger charge is -2.19. The summed E-state index contributed by atoms with van der Waals surface area (Å²) in [6.07, 6.45) is 2.38. The predicted octanol–water partition coefficient (Wildman–Crippen LogP) is 5.10. The van der Waals surface area contributed by atoms with Crippen LogP contribution in [0.3, 0.4) is 0 Å². The number of carbonyl (C=O) groups is 2. The fraction of sp³-hybridized carbons (Fsp3) is 0.310. The molecule has 0 atom stereocenters. The Morgan fingerprint density at radius 2 is 1.86 bits per heavy atom. The van der Waals surface area contributed by atoms with Gasteiger partial charge in [0.05, 0.1) is 48.5 Å². The number of carbonyl (C=O) groups excluding carboxylic acids is 2. The molecule has 3 N–H and O–H groups in total. The molecule has 0 fully saturated rings. The van der Waals surface area contributed by atoms with Crippen LogP contribution in [0.5, 0.6) is 5.75 Å². The van der Waals surface area contributed by atoms with Gasteiger partial charge in [-0.1, -0.05) is 17.7 Å². The van der Waals surface area contributed by atoms with Crippen molar-refractivity contribution in [3.63, 3.8) is 0 Å². The van der Waals surface area contributed by atoms with E-state index in [-0.39, 0.29) is 24.3 Å². The molecule has 1 aromatic carbocycles. The normalized spacial score (nSPS) is 11.1. The van der Waals surface area contributed by atoms with Crippen LogP contribution in [-0.4, -0.2) is 56.5 Å². The minimum absolute atomic E-state index is 0.163. The second-order valence-electron chi connectivity index (χ2n) is 10.4. The zero-order chi connectivity index (χ0) is 31.1. The number of aromatic nitrogens is 5. The van der Waals surface area contributed by atoms with Crippen molar-refractivity contribution >= 4 is 40.8 Å². The molecule has 4 rings (SSSR count). The van der Waals surface area contributed by atoms with Gasteiger partial charge in [0.1, 0.15) is 22.9 Å². The molecule has 0 bridgehead atoms. The first-order valence-corrected chi connectivity index (χ1v) is 13.6. The van der Waals surface area contributed by atoms with E-state index in [2.05, 4.69) is 36.0 Å². The largest absolute Gasteiger partial charge is 0.494 e. The standard InChI is InChI=1S/C29H33ClN8O5/c1-29(2,3)43-28(40)36-24-9-7-8-18(34-24)15-42-14-17-10-19(26-33-16-38(5)37-26)25(41-6)22(11-17)35-21-12-23(30)32-13-20(21)27(39)31-4/h7-13,16H,14-15H2,1-6H3,(H,31,39)(H,32,35)(H,34,36,40). The number of hydrogen-bond acceptors (Lipinski definition) is 10. The van der Waals surface area contributed by atoms with Gasteiger partial charge in [-0.3, -0.25) is 14.8 Å². The van der Waals surface area contributed by atoms with Crippen LogP contribution in [0.15, 0.2) is 48.9 Å². The van der Waals surface area contributed by atoms with E-state index in [1.54, 1.807) is 63.1 Å². The van der Waals surface area contributed by atoms with E-state index in [4.69, 9.17) is 25.8 Å². The quantitative estimate of drug-likeness (QED) is 0.207. The molecule has 0 saturated carbocycles. The van der Waals surface area contributed by atoms with Gasteiger partial charge in [-0.05, 0) is 56.7 Å². The van der Waals surface area contributed by atoms with Gasteiger partial charge in [0, 0.05) is 20.3 Å². The first-order valence-electron chi connectivity index (χ1n) is 13.2. The van der Waals surface area contributed by atoms with Gasteiger partial charge in [0.15, 0.2) is 11.6 Å². The Hall–Kier alpha value is -4.75. The molecule has 14 heteroatoms. The molecule has 0 aliphatic rings. The highest BCUT2D eigenvalue weighted by Gasteiger charge is 2.20. The Bertz CT molecular complexity index is 1620. The van der Waals surface area contributed by atoms with E-state index in [0.29, 0.717) is 45.6 Å². The number of aryl methyl sites for hydroxylation is 1. The van der Waals surface area contributed by atoms with Crippen LogP contribution >= 0.6 is 11.6 Å². The third kappa shape index (κ3) is 8.40. The zero-order valence-corrected chi connectivity index (χ0v) is 25.4. The molecular formula is C29H33ClN8O5. The highest BCUT2D eigenvalue weighted by Crippen LogP contribution is 2.39. The molecule has 0 radical (unpaired) electrons. The van der Waals surface area contributed by atoms with Gasteiger partial charge in [-0.15, -0.1) is 0 Å². The summed E-state index contributed by atoms with van der Waals surface area (Å²) in [7, 11) is 4.83. The number of benzene rings is 1. The number of nitrogens with one attached hydrogen (secondary N) is 3. The molecule has 0 unspecified atom stereocenters. The van der Waals surface area contributed by atoms with Crippen molar-refractivity contribution < 1.29 is 23.8 Å². The maximum Gasteiger partial charge on any atom is 0.413 e. The summed E-state index contributed by atoms with van der Waals surface area (Å²) in [6.45, 7) is 5.70. The minimum atomic E-state index is -0.631. The van der Waals surface area contributed by atoms with E-state index in [1.807, 2.05) is 12.1 Å². The predicted molar refractivity (Wildman–Crippen MR) is 161 cm³/mol. The van der Waals surface area contributed by atoms with Gasteiger partial charge >= 0.3 is 6.09 Å². The highest BCUT2D eigenvalue weighted by molar-refractivity contribution is 6.29. The SMILES string of the molecule is CNC(=O)c1cnc(Cl)cc1Nc1cc(COCc2cccc(NC(=O)OC(C)(C)C)n2)cc(-c2ncn(C)n2)c1OC. The lowest BCUT2D eigenvalue weighted by Crippen LogP contribution is -2.27. The molecular weight excluding hydrogens is 576 g/mol. The summed E-state index contributed by atoms with van der Waals surface area (Å²) in [4.78, 5) is 37.5. The molecule has 0 spiro atoms. The fourth-order valence-corrected chi connectivity index (χ4v) is 4.18. The summed E-state index contributed by atoms with van der Waals surface area (Å²) in [5.74, 6) is 0.893. The number of methoxy groups -OCH3 is 1. The number of ether oxygens (including phenoxy) is 3. The molecule has 13 nitrogen and oxygen atoms in total. The average Bonchev–Trinajstić information content (AvgIpc) is 3.37. The number of amides is 2. The summed E-state index contributed by atoms with van der Waals surface area (Å²) < 4.78 is 18.7. The minimum Gasteiger partial charge on any atom is -0.494 e. The zero-order valence-electron chi connectivity index (χ0n) is 24.7. The van der Waals surface area contributed by atoms with Crippen LogP contribution in [0.25, 0.3) is 11.4 Å². The van der Waals surface area contributed by atoms with Crippen molar-refractivity contribution in [3.05, 3.63) is 70.9 Å². The van der Waals surface area contributed by atoms with Crippen molar-refractivity contribution in [2.45, 2.75) is 39.6 Å². The van der Waals surface area contributed by atoms with Crippen molar-refractivity contribution in [2.24, 2.45) is 7.05 Å². The monoisotopic (exact) mass is 608 g/mol. The lowest BCUT2D eigenvalue weighted by atomic mass is 10.1. The van der Waals surface area contributed by atoms with Crippen molar-refractivity contribution in [3.8, 4) is 17.1 Å². The third-order valence-corrected chi connectivity index (χ3v) is 5.97. The van der Waals surface area contributed by atoms with Gasteiger partial charge in [-0.2, -0.15) is 5.10 Å². The number of halogens is 1. The first-order chi connectivity index (χ1) is 20.5. The van der Waals surface area contributed by atoms with Crippen LogP contribution in [0, 0.1) is 0 Å². The first kappa shape index (κ1) is 31.2. The van der Waals surface area contributed by atoms with Crippen molar-refractivity contribution in [1.29, 1.82) is 0 Å². The van der Waals surface area contributed by atoms with Crippen LogP contribution in [0.2, 0.25) is 5.15 Å². The molecule has 0 aliphatic carbocycles. The second kappa shape index (κ2) is 13.5. The summed E-state index contributed by atoms with van der Waals surface area (Å²) in [5.41, 5.74) is 2.58. The smallest absolute Gasteiger partial charge is 0.413 e. The Kier molecular flexibility index (Phi) is 9.78. The summed E-state index contributed by atoms with van der Waals surface area (Å²) in [6, 6.07) is 10.5. The number of anilines is 3. The molecule has 0 saturated heterocycles. The number of rotatable bonds is 10. The number of pyridine rings is 2. The number of hydrogen-bond donors (Lipinski definition) is 3. The maximum absolute atomic E-state index is 12.5. The van der Waals surface area contributed by atoms with Gasteiger partial charge in [-0.25, -0.2) is 19.7 Å². The van der Waals surface area contributed by atoms with Crippen LogP contribution in [-0.2, 0) is 29.7 Å². The molecule has 43 heavy (non-hydrogen) atoms. The third-order valence-electron chi connectivity index (χ3n) is 5.76. The topological polar surface area (TPSA) is 154 Å². The highest BCUT2D eigenvalue weighted by atomic mass is 35.5. The van der Waals surface area contributed by atoms with E-state index < -0.39 is 11.7 Å². The Morgan fingerprint density at radius 1 is 1.07 bits per heavy atom. The van der Waals surface area contributed by atoms with Gasteiger partial charge in [0.2, 0.25) is 0 Å². The Morgan fingerprint density at radius 3 is 2.53 bits per heavy atom. The second-order valence-corrected chi connectivity index (χ2v) is 10.7. The van der Waals surface area contributed by atoms with Crippen molar-refractivity contribution in [2.75, 3.05) is 24.8 Å². The molecule has 226 valence electrons. The average molecular weight is 609 g/mol. The summed E-state index contributed by atoms with van der Waals surface area (Å²) >= 11 is 6.17. The van der Waals surface area contributed by atoms with Gasteiger partial charge in [0.25, 0.3) is 5.91 Å². The van der Waals surface area contributed by atoms with Gasteiger partial charge < -0.3 is 24.8 Å². The Labute approximate surface area is 253 Å². The fourth-order valence-electron chi connectivity index (χ4n) is 4.02. The Balaban J connectivity index is 1.60. The molecule has 3 heterocycles. The molecule has 2 amide bonds. The molecule has 0 aliphatic heterocycles. The summed E-state index contributed by atoms with van der Waals surface area (Å²) in [5, 5.41) is 13.1. The lowest BCUT2D eigenvalue weighted by molar-refractivity contribution is 0.0634. The van der Waals surface area contributed by atoms with Crippen LogP contribution in [0.4, 0.5) is 22.0 Å². The van der Waals surface area contributed by atoms with Crippen LogP contribution in [0.1, 0.15) is 42.4 Å². The van der Waals surface area contributed by atoms with E-state index >= 15 is 0 Å². The van der Waals surface area contributed by atoms with Crippen LogP contribution < -0.4 is 20.7 Å². The molecule has 4 aromatic rings. The van der Waals surface area contributed by atoms with Crippen molar-refractivity contribution in [1.82, 2.24) is 30.0 Å². The molecule has 3 aromatic heterocycles. The van der Waals surface area contributed by atoms with E-state index in [0.717, 1.165) is 5.56 Å². The maximum atomic E-state index is 12.5. The van der Waals surface area contributed by atoms with E-state index in [1.165, 1.54) is 20.4 Å².